The average molecular weight is 240 g/mol. The molecule has 2 atom stereocenters. The molecule has 1 heterocycles. The van der Waals surface area contributed by atoms with E-state index in [1.807, 2.05) is 24.3 Å². The van der Waals surface area contributed by atoms with Gasteiger partial charge in [-0.05, 0) is 12.5 Å². The number of hydrogen-bond donors (Lipinski definition) is 1. The van der Waals surface area contributed by atoms with Crippen LogP contribution in [0.5, 0.6) is 0 Å². The summed E-state index contributed by atoms with van der Waals surface area (Å²) in [6.45, 7) is 3.99. The predicted octanol–water partition coefficient (Wildman–Crippen LogP) is 3.17. The molecule has 2 unspecified atom stereocenters. The predicted molar refractivity (Wildman–Crippen MR) is 66.8 cm³/mol. The largest absolute Gasteiger partial charge is 0.368 e. The Labute approximate surface area is 102 Å². The van der Waals surface area contributed by atoms with Crippen LogP contribution >= 0.6 is 11.6 Å². The highest BCUT2D eigenvalue weighted by atomic mass is 35.5. The molecule has 0 saturated carbocycles. The van der Waals surface area contributed by atoms with Crippen molar-refractivity contribution in [1.82, 2.24) is 5.32 Å². The highest BCUT2D eigenvalue weighted by Crippen LogP contribution is 2.28. The zero-order valence-electron chi connectivity index (χ0n) is 9.58. The van der Waals surface area contributed by atoms with Gasteiger partial charge < -0.3 is 10.1 Å². The zero-order chi connectivity index (χ0) is 11.4. The number of morpholine rings is 1. The molecule has 2 nitrogen and oxygen atoms in total. The molecular formula is C13H18ClNO. The molecule has 2 rings (SSSR count). The quantitative estimate of drug-likeness (QED) is 0.875. The molecule has 0 radical (unpaired) electrons. The second-order valence-corrected chi connectivity index (χ2v) is 4.62. The highest BCUT2D eigenvalue weighted by molar-refractivity contribution is 6.31. The summed E-state index contributed by atoms with van der Waals surface area (Å²) in [5.74, 6) is 0. The van der Waals surface area contributed by atoms with Crippen LogP contribution in [0.4, 0.5) is 0 Å². The molecule has 1 saturated heterocycles. The van der Waals surface area contributed by atoms with E-state index in [1.54, 1.807) is 0 Å². The van der Waals surface area contributed by atoms with Gasteiger partial charge >= 0.3 is 0 Å². The van der Waals surface area contributed by atoms with E-state index in [-0.39, 0.29) is 6.10 Å². The second-order valence-electron chi connectivity index (χ2n) is 4.22. The fourth-order valence-electron chi connectivity index (χ4n) is 2.12. The Morgan fingerprint density at radius 3 is 2.94 bits per heavy atom. The molecule has 0 spiro atoms. The summed E-state index contributed by atoms with van der Waals surface area (Å²) in [7, 11) is 0. The summed E-state index contributed by atoms with van der Waals surface area (Å²) in [6.07, 6.45) is 2.68. The van der Waals surface area contributed by atoms with E-state index in [1.165, 1.54) is 0 Å². The van der Waals surface area contributed by atoms with Crippen LogP contribution in [0.2, 0.25) is 5.02 Å². The first-order chi connectivity index (χ1) is 7.81. The van der Waals surface area contributed by atoms with Gasteiger partial charge in [0.2, 0.25) is 0 Å². The third-order valence-electron chi connectivity index (χ3n) is 2.92. The monoisotopic (exact) mass is 239 g/mol. The van der Waals surface area contributed by atoms with E-state index in [2.05, 4.69) is 12.2 Å². The topological polar surface area (TPSA) is 21.3 Å². The number of halogens is 1. The lowest BCUT2D eigenvalue weighted by atomic mass is 10.1. The number of benzene rings is 1. The number of nitrogens with one attached hydrogen (secondary N) is 1. The molecule has 1 aliphatic rings. The average Bonchev–Trinajstić information content (AvgIpc) is 2.30. The van der Waals surface area contributed by atoms with Crippen molar-refractivity contribution in [1.29, 1.82) is 0 Å². The van der Waals surface area contributed by atoms with Crippen LogP contribution in [-0.2, 0) is 4.74 Å². The summed E-state index contributed by atoms with van der Waals surface area (Å²) >= 11 is 6.17. The summed E-state index contributed by atoms with van der Waals surface area (Å²) < 4.78 is 6.05. The van der Waals surface area contributed by atoms with Gasteiger partial charge in [0, 0.05) is 23.7 Å². The first-order valence-electron chi connectivity index (χ1n) is 5.92. The lowest BCUT2D eigenvalue weighted by molar-refractivity contribution is -0.0424. The third kappa shape index (κ3) is 2.76. The summed E-state index contributed by atoms with van der Waals surface area (Å²) in [5, 5.41) is 4.21. The molecule has 0 aliphatic carbocycles. The van der Waals surface area contributed by atoms with Crippen LogP contribution in [0.3, 0.4) is 0 Å². The molecule has 1 N–H and O–H groups in total. The van der Waals surface area contributed by atoms with Crippen LogP contribution in [0.15, 0.2) is 24.3 Å². The van der Waals surface area contributed by atoms with Gasteiger partial charge in [-0.25, -0.2) is 0 Å². The van der Waals surface area contributed by atoms with Gasteiger partial charge in [0.25, 0.3) is 0 Å². The summed E-state index contributed by atoms with van der Waals surface area (Å²) in [4.78, 5) is 0. The van der Waals surface area contributed by atoms with Gasteiger partial charge in [0.1, 0.15) is 0 Å². The molecule has 0 amide bonds. The van der Waals surface area contributed by atoms with E-state index in [0.29, 0.717) is 6.10 Å². The Bertz CT molecular complexity index is 340. The van der Waals surface area contributed by atoms with Crippen LogP contribution in [0.1, 0.15) is 31.4 Å². The van der Waals surface area contributed by atoms with Crippen LogP contribution in [0, 0.1) is 0 Å². The maximum atomic E-state index is 6.17. The Balaban J connectivity index is 2.07. The summed E-state index contributed by atoms with van der Waals surface area (Å²) in [6, 6.07) is 7.92. The standard InChI is InChI=1S/C13H18ClNO/c1-2-5-10-8-15-9-13(16-10)11-6-3-4-7-12(11)14/h3-4,6-7,10,13,15H,2,5,8-9H2,1H3. The highest BCUT2D eigenvalue weighted by Gasteiger charge is 2.23. The SMILES string of the molecule is CCCC1CNCC(c2ccccc2Cl)O1. The van der Waals surface area contributed by atoms with Crippen molar-refractivity contribution in [3.63, 3.8) is 0 Å². The van der Waals surface area contributed by atoms with Crippen molar-refractivity contribution in [2.45, 2.75) is 32.0 Å². The van der Waals surface area contributed by atoms with Gasteiger partial charge in [-0.3, -0.25) is 0 Å². The minimum atomic E-state index is 0.0963. The Kier molecular flexibility index (Phi) is 4.22. The normalized spacial score (nSPS) is 25.6. The van der Waals surface area contributed by atoms with E-state index in [9.17, 15) is 0 Å². The van der Waals surface area contributed by atoms with Crippen molar-refractivity contribution < 1.29 is 4.74 Å². The van der Waals surface area contributed by atoms with Gasteiger partial charge in [-0.1, -0.05) is 43.1 Å². The first kappa shape index (κ1) is 11.9. The number of hydrogen-bond acceptors (Lipinski definition) is 2. The zero-order valence-corrected chi connectivity index (χ0v) is 10.3. The Morgan fingerprint density at radius 1 is 1.38 bits per heavy atom. The van der Waals surface area contributed by atoms with Crippen molar-refractivity contribution in [2.75, 3.05) is 13.1 Å². The molecule has 0 bridgehead atoms. The molecule has 1 fully saturated rings. The summed E-state index contributed by atoms with van der Waals surface area (Å²) in [5.41, 5.74) is 1.09. The molecular weight excluding hydrogens is 222 g/mol. The van der Waals surface area contributed by atoms with E-state index >= 15 is 0 Å². The molecule has 1 aromatic carbocycles. The number of rotatable bonds is 3. The minimum Gasteiger partial charge on any atom is -0.368 e. The lowest BCUT2D eigenvalue weighted by Crippen LogP contribution is -2.40. The molecule has 3 heteroatoms. The van der Waals surface area contributed by atoms with E-state index in [4.69, 9.17) is 16.3 Å². The molecule has 1 aromatic rings. The van der Waals surface area contributed by atoms with Gasteiger partial charge in [0.15, 0.2) is 0 Å². The van der Waals surface area contributed by atoms with Crippen molar-refractivity contribution in [3.05, 3.63) is 34.9 Å². The van der Waals surface area contributed by atoms with Gasteiger partial charge in [0.05, 0.1) is 12.2 Å². The van der Waals surface area contributed by atoms with Gasteiger partial charge in [-0.15, -0.1) is 0 Å². The van der Waals surface area contributed by atoms with Crippen molar-refractivity contribution in [2.24, 2.45) is 0 Å². The first-order valence-corrected chi connectivity index (χ1v) is 6.29. The maximum absolute atomic E-state index is 6.17. The van der Waals surface area contributed by atoms with Crippen LogP contribution in [-0.4, -0.2) is 19.2 Å². The number of ether oxygens (including phenoxy) is 1. The van der Waals surface area contributed by atoms with E-state index in [0.717, 1.165) is 36.5 Å². The van der Waals surface area contributed by atoms with Crippen LogP contribution in [0.25, 0.3) is 0 Å². The molecule has 16 heavy (non-hydrogen) atoms. The molecule has 0 aromatic heterocycles. The lowest BCUT2D eigenvalue weighted by Gasteiger charge is -2.31. The fourth-order valence-corrected chi connectivity index (χ4v) is 2.37. The molecule has 1 aliphatic heterocycles. The van der Waals surface area contributed by atoms with Gasteiger partial charge in [-0.2, -0.15) is 0 Å². The molecule has 88 valence electrons. The minimum absolute atomic E-state index is 0.0963. The maximum Gasteiger partial charge on any atom is 0.0967 e. The van der Waals surface area contributed by atoms with Crippen molar-refractivity contribution in [3.8, 4) is 0 Å². The Morgan fingerprint density at radius 2 is 2.19 bits per heavy atom. The smallest absolute Gasteiger partial charge is 0.0967 e. The fraction of sp³-hybridized carbons (Fsp3) is 0.538. The van der Waals surface area contributed by atoms with Crippen molar-refractivity contribution >= 4 is 11.6 Å². The van der Waals surface area contributed by atoms with Crippen LogP contribution < -0.4 is 5.32 Å². The third-order valence-corrected chi connectivity index (χ3v) is 3.27. The Hall–Kier alpha value is -0.570. The van der Waals surface area contributed by atoms with E-state index < -0.39 is 0 Å². The second kappa shape index (κ2) is 5.67.